The molecule has 0 spiro atoms. The molecule has 0 unspecified atom stereocenters. The van der Waals surface area contributed by atoms with Crippen LogP contribution in [0.25, 0.3) is 0 Å². The largest absolute Gasteiger partial charge is 0.465 e. The van der Waals surface area contributed by atoms with Crippen LogP contribution in [-0.2, 0) is 21.6 Å². The maximum Gasteiger partial charge on any atom is 0.408 e. The van der Waals surface area contributed by atoms with Gasteiger partial charge in [0, 0.05) is 18.0 Å². The van der Waals surface area contributed by atoms with Crippen molar-refractivity contribution in [3.05, 3.63) is 66.0 Å². The van der Waals surface area contributed by atoms with Crippen LogP contribution in [0.2, 0.25) is 0 Å². The lowest BCUT2D eigenvalue weighted by atomic mass is 9.89. The van der Waals surface area contributed by atoms with E-state index >= 15 is 0 Å². The smallest absolute Gasteiger partial charge is 0.408 e. The lowest BCUT2D eigenvalue weighted by Gasteiger charge is -2.48. The van der Waals surface area contributed by atoms with E-state index in [2.05, 4.69) is 4.98 Å². The first-order chi connectivity index (χ1) is 11.9. The zero-order valence-electron chi connectivity index (χ0n) is 14.4. The zero-order chi connectivity index (χ0) is 17.9. The Labute approximate surface area is 147 Å². The molecular formula is C19H22N2O4. The molecule has 1 amide bonds. The average molecular weight is 342 g/mol. The number of pyridine rings is 1. The summed E-state index contributed by atoms with van der Waals surface area (Å²) >= 11 is 0. The van der Waals surface area contributed by atoms with Crippen LogP contribution in [0.4, 0.5) is 4.79 Å². The van der Waals surface area contributed by atoms with Crippen molar-refractivity contribution in [2.24, 2.45) is 0 Å². The summed E-state index contributed by atoms with van der Waals surface area (Å²) in [7, 11) is 0. The van der Waals surface area contributed by atoms with E-state index in [4.69, 9.17) is 9.47 Å². The summed E-state index contributed by atoms with van der Waals surface area (Å²) in [6, 6.07) is 13.1. The molecule has 0 radical (unpaired) electrons. The maximum atomic E-state index is 12.1. The Bertz CT molecular complexity index is 709. The van der Waals surface area contributed by atoms with Gasteiger partial charge in [-0.15, -0.1) is 0 Å². The highest BCUT2D eigenvalue weighted by Gasteiger charge is 2.48. The third-order valence-corrected chi connectivity index (χ3v) is 4.45. The number of ether oxygens (including phenoxy) is 2. The minimum Gasteiger partial charge on any atom is -0.465 e. The van der Waals surface area contributed by atoms with E-state index in [1.54, 1.807) is 18.5 Å². The number of amides is 1. The van der Waals surface area contributed by atoms with Crippen molar-refractivity contribution in [1.82, 2.24) is 9.88 Å². The first-order valence-corrected chi connectivity index (χ1v) is 8.16. The SMILES string of the molecule is CC1(C)OCC(c2cccnc2)(N(Cc2ccccc2)C(=O)O)CO1. The summed E-state index contributed by atoms with van der Waals surface area (Å²) in [5.41, 5.74) is 0.702. The molecule has 0 saturated carbocycles. The number of aromatic nitrogens is 1. The molecule has 1 aromatic heterocycles. The van der Waals surface area contributed by atoms with Crippen molar-refractivity contribution in [3.8, 4) is 0 Å². The number of benzene rings is 1. The third kappa shape index (κ3) is 3.65. The van der Waals surface area contributed by atoms with E-state index in [0.717, 1.165) is 11.1 Å². The minimum absolute atomic E-state index is 0.199. The van der Waals surface area contributed by atoms with Gasteiger partial charge in [-0.2, -0.15) is 0 Å². The first-order valence-electron chi connectivity index (χ1n) is 8.16. The van der Waals surface area contributed by atoms with E-state index in [0.29, 0.717) is 0 Å². The second kappa shape index (κ2) is 6.82. The van der Waals surface area contributed by atoms with Gasteiger partial charge in [0.2, 0.25) is 0 Å². The predicted molar refractivity (Wildman–Crippen MR) is 91.9 cm³/mol. The monoisotopic (exact) mass is 342 g/mol. The van der Waals surface area contributed by atoms with E-state index in [9.17, 15) is 9.90 Å². The minimum atomic E-state index is -1.03. The molecule has 1 N–H and O–H groups in total. The summed E-state index contributed by atoms with van der Waals surface area (Å²) in [4.78, 5) is 17.7. The molecule has 0 bridgehead atoms. The standard InChI is InChI=1S/C19H22N2O4/c1-18(2)24-13-19(14-25-18,16-9-6-10-20-11-16)21(17(22)23)12-15-7-4-3-5-8-15/h3-11H,12-14H2,1-2H3,(H,22,23). The van der Waals surface area contributed by atoms with E-state index in [1.165, 1.54) is 4.90 Å². The summed E-state index contributed by atoms with van der Waals surface area (Å²) in [6.07, 6.45) is 2.31. The molecular weight excluding hydrogens is 320 g/mol. The van der Waals surface area contributed by atoms with Crippen molar-refractivity contribution in [2.45, 2.75) is 31.7 Å². The molecule has 1 aliphatic rings. The molecule has 2 aromatic rings. The molecule has 25 heavy (non-hydrogen) atoms. The van der Waals surface area contributed by atoms with Crippen LogP contribution in [0.1, 0.15) is 25.0 Å². The Morgan fingerprint density at radius 2 is 1.84 bits per heavy atom. The Hall–Kier alpha value is -2.44. The first kappa shape index (κ1) is 17.4. The summed E-state index contributed by atoms with van der Waals surface area (Å²) in [5, 5.41) is 9.94. The highest BCUT2D eigenvalue weighted by atomic mass is 16.7. The van der Waals surface area contributed by atoms with Crippen molar-refractivity contribution >= 4 is 6.09 Å². The van der Waals surface area contributed by atoms with Gasteiger partial charge < -0.3 is 14.6 Å². The lowest BCUT2D eigenvalue weighted by molar-refractivity contribution is -0.287. The van der Waals surface area contributed by atoms with Crippen LogP contribution in [0.15, 0.2) is 54.9 Å². The Kier molecular flexibility index (Phi) is 4.74. The van der Waals surface area contributed by atoms with Crippen molar-refractivity contribution < 1.29 is 19.4 Å². The summed E-state index contributed by atoms with van der Waals surface area (Å²) in [6.45, 7) is 4.28. The van der Waals surface area contributed by atoms with Gasteiger partial charge in [-0.3, -0.25) is 9.88 Å². The summed E-state index contributed by atoms with van der Waals surface area (Å²) < 4.78 is 11.7. The fourth-order valence-corrected chi connectivity index (χ4v) is 2.95. The molecule has 0 atom stereocenters. The second-order valence-corrected chi connectivity index (χ2v) is 6.60. The van der Waals surface area contributed by atoms with Crippen LogP contribution < -0.4 is 0 Å². The number of carbonyl (C=O) groups is 1. The topological polar surface area (TPSA) is 71.9 Å². The quantitative estimate of drug-likeness (QED) is 0.923. The molecule has 1 aliphatic heterocycles. The molecule has 1 saturated heterocycles. The number of hydrogen-bond donors (Lipinski definition) is 1. The van der Waals surface area contributed by atoms with Crippen LogP contribution in [0.5, 0.6) is 0 Å². The lowest BCUT2D eigenvalue weighted by Crippen LogP contribution is -2.60. The molecule has 0 aliphatic carbocycles. The molecule has 132 valence electrons. The van der Waals surface area contributed by atoms with Gasteiger partial charge >= 0.3 is 6.09 Å². The second-order valence-electron chi connectivity index (χ2n) is 6.60. The molecule has 3 rings (SSSR count). The fourth-order valence-electron chi connectivity index (χ4n) is 2.95. The third-order valence-electron chi connectivity index (χ3n) is 4.45. The molecule has 1 fully saturated rings. The predicted octanol–water partition coefficient (Wildman–Crippen LogP) is 3.24. The van der Waals surface area contributed by atoms with Crippen molar-refractivity contribution in [3.63, 3.8) is 0 Å². The summed E-state index contributed by atoms with van der Waals surface area (Å²) in [5.74, 6) is -0.747. The van der Waals surface area contributed by atoms with Crippen LogP contribution in [0, 0.1) is 0 Å². The van der Waals surface area contributed by atoms with Gasteiger partial charge in [0.25, 0.3) is 0 Å². The van der Waals surface area contributed by atoms with Gasteiger partial charge in [0.15, 0.2) is 5.79 Å². The molecule has 6 heteroatoms. The van der Waals surface area contributed by atoms with E-state index in [1.807, 2.05) is 50.2 Å². The van der Waals surface area contributed by atoms with Gasteiger partial charge in [-0.25, -0.2) is 4.79 Å². The average Bonchev–Trinajstić information content (AvgIpc) is 2.62. The van der Waals surface area contributed by atoms with Gasteiger partial charge in [-0.05, 0) is 25.5 Å². The number of rotatable bonds is 4. The maximum absolute atomic E-state index is 12.1. The molecule has 6 nitrogen and oxygen atoms in total. The van der Waals surface area contributed by atoms with Crippen molar-refractivity contribution in [1.29, 1.82) is 0 Å². The highest BCUT2D eigenvalue weighted by Crippen LogP contribution is 2.37. The number of nitrogens with zero attached hydrogens (tertiary/aromatic N) is 2. The van der Waals surface area contributed by atoms with Crippen LogP contribution >= 0.6 is 0 Å². The zero-order valence-corrected chi connectivity index (χ0v) is 14.4. The number of carboxylic acid groups (broad SMARTS) is 1. The Morgan fingerprint density at radius 1 is 1.16 bits per heavy atom. The van der Waals surface area contributed by atoms with Crippen molar-refractivity contribution in [2.75, 3.05) is 13.2 Å². The highest BCUT2D eigenvalue weighted by molar-refractivity contribution is 5.67. The Balaban J connectivity index is 2.01. The van der Waals surface area contributed by atoms with Gasteiger partial charge in [0.1, 0.15) is 5.54 Å². The van der Waals surface area contributed by atoms with Crippen LogP contribution in [0.3, 0.4) is 0 Å². The fraction of sp³-hybridized carbons (Fsp3) is 0.368. The van der Waals surface area contributed by atoms with Gasteiger partial charge in [0.05, 0.1) is 19.8 Å². The Morgan fingerprint density at radius 3 is 2.40 bits per heavy atom. The van der Waals surface area contributed by atoms with Gasteiger partial charge in [-0.1, -0.05) is 36.4 Å². The molecule has 2 heterocycles. The van der Waals surface area contributed by atoms with E-state index in [-0.39, 0.29) is 19.8 Å². The normalized spacial score (nSPS) is 18.5. The molecule has 1 aromatic carbocycles. The van der Waals surface area contributed by atoms with Crippen LogP contribution in [-0.4, -0.2) is 40.1 Å². The van der Waals surface area contributed by atoms with E-state index < -0.39 is 17.4 Å². The number of hydrogen-bond acceptors (Lipinski definition) is 4.